The minimum absolute atomic E-state index is 0.0137. The Balaban J connectivity index is 2.09. The van der Waals surface area contributed by atoms with Crippen molar-refractivity contribution in [3.63, 3.8) is 0 Å². The van der Waals surface area contributed by atoms with Crippen molar-refractivity contribution in [3.8, 4) is 5.75 Å². The fraction of sp³-hybridized carbons (Fsp3) is 0.647. The molecule has 0 aromatic heterocycles. The first-order chi connectivity index (χ1) is 10.8. The molecule has 1 fully saturated rings. The Morgan fingerprint density at radius 1 is 1.26 bits per heavy atom. The molecule has 0 amide bonds. The van der Waals surface area contributed by atoms with E-state index in [0.717, 1.165) is 12.8 Å². The van der Waals surface area contributed by atoms with Crippen molar-refractivity contribution >= 4 is 10.0 Å². The molecular weight excluding hydrogens is 312 g/mol. The first-order valence-electron chi connectivity index (χ1n) is 8.29. The van der Waals surface area contributed by atoms with E-state index in [1.807, 2.05) is 6.92 Å². The van der Waals surface area contributed by atoms with Crippen molar-refractivity contribution in [3.05, 3.63) is 24.3 Å². The van der Waals surface area contributed by atoms with Gasteiger partial charge in [0.25, 0.3) is 0 Å². The number of sulfonamides is 1. The Kier molecular flexibility index (Phi) is 6.06. The van der Waals surface area contributed by atoms with Crippen LogP contribution in [0.25, 0.3) is 0 Å². The molecule has 2 atom stereocenters. The lowest BCUT2D eigenvalue weighted by Gasteiger charge is -2.33. The average Bonchev–Trinajstić information content (AvgIpc) is 2.53. The van der Waals surface area contributed by atoms with Crippen LogP contribution in [0.4, 0.5) is 0 Å². The van der Waals surface area contributed by atoms with Crippen molar-refractivity contribution < 1.29 is 13.2 Å². The van der Waals surface area contributed by atoms with Crippen LogP contribution in [0.3, 0.4) is 0 Å². The lowest BCUT2D eigenvalue weighted by molar-refractivity contribution is 0.243. The molecule has 6 heteroatoms. The Bertz CT molecular complexity index is 597. The number of hydrogen-bond donors (Lipinski definition) is 1. The van der Waals surface area contributed by atoms with Crippen molar-refractivity contribution in [1.82, 2.24) is 4.31 Å². The van der Waals surface area contributed by atoms with E-state index in [-0.39, 0.29) is 12.0 Å². The standard InChI is InChI=1S/C17H28N2O3S/c1-13(2)12-22-16-6-8-17(9-7-16)23(20,21)19-10-4-5-15(11-19)14(3)18/h6-9,13-15H,4-5,10-12,18H2,1-3H3. The summed E-state index contributed by atoms with van der Waals surface area (Å²) in [6.45, 7) is 7.78. The lowest BCUT2D eigenvalue weighted by Crippen LogP contribution is -2.44. The first kappa shape index (κ1) is 18.2. The molecule has 2 N–H and O–H groups in total. The second kappa shape index (κ2) is 7.64. The van der Waals surface area contributed by atoms with Gasteiger partial charge >= 0.3 is 0 Å². The van der Waals surface area contributed by atoms with Gasteiger partial charge in [-0.05, 0) is 55.9 Å². The smallest absolute Gasteiger partial charge is 0.243 e. The zero-order valence-corrected chi connectivity index (χ0v) is 15.1. The highest BCUT2D eigenvalue weighted by Gasteiger charge is 2.31. The zero-order chi connectivity index (χ0) is 17.0. The van der Waals surface area contributed by atoms with Gasteiger partial charge in [-0.15, -0.1) is 0 Å². The maximum absolute atomic E-state index is 12.8. The topological polar surface area (TPSA) is 72.6 Å². The van der Waals surface area contributed by atoms with Gasteiger partial charge < -0.3 is 10.5 Å². The summed E-state index contributed by atoms with van der Waals surface area (Å²) in [5.74, 6) is 1.36. The monoisotopic (exact) mass is 340 g/mol. The molecule has 1 saturated heterocycles. The van der Waals surface area contributed by atoms with Crippen LogP contribution in [-0.2, 0) is 10.0 Å². The maximum atomic E-state index is 12.8. The van der Waals surface area contributed by atoms with E-state index in [2.05, 4.69) is 13.8 Å². The highest BCUT2D eigenvalue weighted by atomic mass is 32.2. The second-order valence-electron chi connectivity index (χ2n) is 6.80. The van der Waals surface area contributed by atoms with Crippen LogP contribution in [-0.4, -0.2) is 38.5 Å². The van der Waals surface area contributed by atoms with Gasteiger partial charge in [-0.1, -0.05) is 13.8 Å². The molecule has 0 spiro atoms. The maximum Gasteiger partial charge on any atom is 0.243 e. The Morgan fingerprint density at radius 3 is 2.48 bits per heavy atom. The normalized spacial score (nSPS) is 21.3. The van der Waals surface area contributed by atoms with Crippen molar-refractivity contribution in [1.29, 1.82) is 0 Å². The summed E-state index contributed by atoms with van der Waals surface area (Å²) in [4.78, 5) is 0.319. The molecule has 2 rings (SSSR count). The van der Waals surface area contributed by atoms with E-state index >= 15 is 0 Å². The molecule has 0 aliphatic carbocycles. The molecule has 0 radical (unpaired) electrons. The summed E-state index contributed by atoms with van der Waals surface area (Å²) < 4.78 is 32.7. The molecule has 23 heavy (non-hydrogen) atoms. The molecule has 130 valence electrons. The Hall–Kier alpha value is -1.11. The number of piperidine rings is 1. The van der Waals surface area contributed by atoms with Crippen LogP contribution < -0.4 is 10.5 Å². The summed E-state index contributed by atoms with van der Waals surface area (Å²) in [6.07, 6.45) is 1.85. The third-order valence-corrected chi connectivity index (χ3v) is 6.09. The van der Waals surface area contributed by atoms with Crippen LogP contribution >= 0.6 is 0 Å². The van der Waals surface area contributed by atoms with E-state index in [1.54, 1.807) is 28.6 Å². The summed E-state index contributed by atoms with van der Waals surface area (Å²) in [5.41, 5.74) is 5.95. The van der Waals surface area contributed by atoms with Gasteiger partial charge in [0.05, 0.1) is 11.5 Å². The van der Waals surface area contributed by atoms with Gasteiger partial charge in [0.15, 0.2) is 0 Å². The van der Waals surface area contributed by atoms with Gasteiger partial charge in [0.1, 0.15) is 5.75 Å². The van der Waals surface area contributed by atoms with Gasteiger partial charge in [-0.2, -0.15) is 4.31 Å². The molecule has 1 heterocycles. The van der Waals surface area contributed by atoms with E-state index in [4.69, 9.17) is 10.5 Å². The minimum atomic E-state index is -3.45. The largest absolute Gasteiger partial charge is 0.493 e. The molecule has 1 aromatic rings. The third kappa shape index (κ3) is 4.68. The van der Waals surface area contributed by atoms with Crippen molar-refractivity contribution in [2.75, 3.05) is 19.7 Å². The molecule has 2 unspecified atom stereocenters. The number of ether oxygens (including phenoxy) is 1. The van der Waals surface area contributed by atoms with Crippen LogP contribution in [0.2, 0.25) is 0 Å². The second-order valence-corrected chi connectivity index (χ2v) is 8.74. The van der Waals surface area contributed by atoms with E-state index in [0.29, 0.717) is 36.3 Å². The number of benzene rings is 1. The molecule has 5 nitrogen and oxygen atoms in total. The van der Waals surface area contributed by atoms with Gasteiger partial charge in [0.2, 0.25) is 10.0 Å². The van der Waals surface area contributed by atoms with Gasteiger partial charge in [0, 0.05) is 19.1 Å². The lowest BCUT2D eigenvalue weighted by atomic mass is 9.93. The average molecular weight is 340 g/mol. The highest BCUT2D eigenvalue weighted by Crippen LogP contribution is 2.26. The summed E-state index contributed by atoms with van der Waals surface area (Å²) in [5, 5.41) is 0. The van der Waals surface area contributed by atoms with Crippen LogP contribution in [0.1, 0.15) is 33.6 Å². The quantitative estimate of drug-likeness (QED) is 0.863. The van der Waals surface area contributed by atoms with Crippen LogP contribution in [0.15, 0.2) is 29.2 Å². The van der Waals surface area contributed by atoms with Crippen molar-refractivity contribution in [2.24, 2.45) is 17.6 Å². The van der Waals surface area contributed by atoms with Crippen LogP contribution in [0, 0.1) is 11.8 Å². The number of nitrogens with zero attached hydrogens (tertiary/aromatic N) is 1. The molecule has 1 aliphatic rings. The molecule has 1 aliphatic heterocycles. The predicted molar refractivity (Wildman–Crippen MR) is 91.9 cm³/mol. The fourth-order valence-electron chi connectivity index (χ4n) is 2.74. The molecule has 1 aromatic carbocycles. The van der Waals surface area contributed by atoms with Crippen molar-refractivity contribution in [2.45, 2.75) is 44.6 Å². The van der Waals surface area contributed by atoms with Crippen LogP contribution in [0.5, 0.6) is 5.75 Å². The summed E-state index contributed by atoms with van der Waals surface area (Å²) in [6, 6.07) is 6.71. The summed E-state index contributed by atoms with van der Waals surface area (Å²) >= 11 is 0. The van der Waals surface area contributed by atoms with Gasteiger partial charge in [-0.3, -0.25) is 0 Å². The number of nitrogens with two attached hydrogens (primary N) is 1. The fourth-order valence-corrected chi connectivity index (χ4v) is 4.28. The molecule has 0 saturated carbocycles. The Labute approximate surface area is 139 Å². The number of rotatable bonds is 6. The van der Waals surface area contributed by atoms with Gasteiger partial charge in [-0.25, -0.2) is 8.42 Å². The van der Waals surface area contributed by atoms with E-state index in [1.165, 1.54) is 0 Å². The predicted octanol–water partition coefficient (Wildman–Crippen LogP) is 2.47. The third-order valence-electron chi connectivity index (χ3n) is 4.21. The zero-order valence-electron chi connectivity index (χ0n) is 14.2. The highest BCUT2D eigenvalue weighted by molar-refractivity contribution is 7.89. The van der Waals surface area contributed by atoms with E-state index < -0.39 is 10.0 Å². The molecule has 0 bridgehead atoms. The first-order valence-corrected chi connectivity index (χ1v) is 9.73. The SMILES string of the molecule is CC(C)COc1ccc(S(=O)(=O)N2CCCC(C(C)N)C2)cc1. The molecular formula is C17H28N2O3S. The Morgan fingerprint density at radius 2 is 1.91 bits per heavy atom. The minimum Gasteiger partial charge on any atom is -0.493 e. The van der Waals surface area contributed by atoms with E-state index in [9.17, 15) is 8.42 Å². The summed E-state index contributed by atoms with van der Waals surface area (Å²) in [7, 11) is -3.45. The number of hydrogen-bond acceptors (Lipinski definition) is 4.